The molecular weight excluding hydrogens is 372 g/mol. The van der Waals surface area contributed by atoms with E-state index in [1.165, 1.54) is 64.2 Å². The van der Waals surface area contributed by atoms with Crippen LogP contribution in [0.15, 0.2) is 0 Å². The molecule has 0 heterocycles. The highest BCUT2D eigenvalue weighted by molar-refractivity contribution is 7.80. The van der Waals surface area contributed by atoms with Crippen LogP contribution in [0.5, 0.6) is 0 Å². The lowest BCUT2D eigenvalue weighted by Crippen LogP contribution is -2.53. The third kappa shape index (κ3) is 3.58. The molecule has 0 spiro atoms. The summed E-state index contributed by atoms with van der Waals surface area (Å²) in [5, 5.41) is 0. The van der Waals surface area contributed by atoms with Gasteiger partial charge in [0.15, 0.2) is 0 Å². The van der Waals surface area contributed by atoms with Crippen LogP contribution in [0.1, 0.15) is 91.4 Å². The Hall–Kier alpha value is -0.130. The number of rotatable bonds is 5. The van der Waals surface area contributed by atoms with Gasteiger partial charge in [0.2, 0.25) is 0 Å². The lowest BCUT2D eigenvalue weighted by molar-refractivity contribution is -0.114. The van der Waals surface area contributed by atoms with Gasteiger partial charge in [-0.15, -0.1) is 0 Å². The molecule has 0 amide bonds. The molecule has 7 unspecified atom stereocenters. The predicted molar refractivity (Wildman–Crippen MR) is 111 cm³/mol. The van der Waals surface area contributed by atoms with Crippen molar-refractivity contribution in [2.75, 3.05) is 6.61 Å². The maximum absolute atomic E-state index is 10.9. The highest BCUT2D eigenvalue weighted by atomic mass is 32.3. The second-order valence-electron chi connectivity index (χ2n) is 11.1. The molecule has 4 aliphatic rings. The smallest absolute Gasteiger partial charge is 0.264 e. The predicted octanol–water partition coefficient (Wildman–Crippen LogP) is 5.88. The molecule has 0 aromatic heterocycles. The van der Waals surface area contributed by atoms with Crippen molar-refractivity contribution in [1.29, 1.82) is 0 Å². The lowest BCUT2D eigenvalue weighted by atomic mass is 9.44. The molecule has 0 radical (unpaired) electrons. The van der Waals surface area contributed by atoms with Crippen LogP contribution in [-0.4, -0.2) is 19.6 Å². The average Bonchev–Trinajstić information content (AvgIpc) is 2.97. The zero-order chi connectivity index (χ0) is 20.2. The molecule has 0 aliphatic heterocycles. The highest BCUT2D eigenvalue weighted by Crippen LogP contribution is 2.68. The minimum Gasteiger partial charge on any atom is -0.264 e. The average molecular weight is 413 g/mol. The summed E-state index contributed by atoms with van der Waals surface area (Å²) in [6.45, 7) is 7.54. The first-order valence-corrected chi connectivity index (χ1v) is 13.1. The molecule has 0 bridgehead atoms. The SMILES string of the molecule is C[C@H](CCOS(=O)(=O)O)C1CCC2C3CCC4CCCCC4(C)C3CCC21C. The van der Waals surface area contributed by atoms with Gasteiger partial charge in [-0.1, -0.05) is 33.6 Å². The second kappa shape index (κ2) is 7.53. The van der Waals surface area contributed by atoms with Crippen LogP contribution in [0.25, 0.3) is 0 Å². The monoisotopic (exact) mass is 412 g/mol. The maximum Gasteiger partial charge on any atom is 0.397 e. The van der Waals surface area contributed by atoms with Crippen molar-refractivity contribution in [3.8, 4) is 0 Å². The lowest BCUT2D eigenvalue weighted by Gasteiger charge is -2.61. The number of hydrogen-bond donors (Lipinski definition) is 1. The molecule has 162 valence electrons. The Balaban J connectivity index is 1.46. The van der Waals surface area contributed by atoms with Crippen molar-refractivity contribution in [1.82, 2.24) is 0 Å². The minimum absolute atomic E-state index is 0.100. The van der Waals surface area contributed by atoms with Crippen molar-refractivity contribution >= 4 is 10.4 Å². The van der Waals surface area contributed by atoms with Gasteiger partial charge in [0.25, 0.3) is 0 Å². The largest absolute Gasteiger partial charge is 0.397 e. The molecule has 4 nitrogen and oxygen atoms in total. The van der Waals surface area contributed by atoms with Crippen LogP contribution >= 0.6 is 0 Å². The fourth-order valence-corrected chi connectivity index (χ4v) is 9.12. The van der Waals surface area contributed by atoms with Crippen LogP contribution < -0.4 is 0 Å². The van der Waals surface area contributed by atoms with E-state index in [9.17, 15) is 8.42 Å². The van der Waals surface area contributed by atoms with Crippen molar-refractivity contribution in [2.24, 2.45) is 46.3 Å². The van der Waals surface area contributed by atoms with Crippen molar-refractivity contribution in [2.45, 2.75) is 91.4 Å². The summed E-state index contributed by atoms with van der Waals surface area (Å²) in [6, 6.07) is 0. The standard InChI is InChI=1S/C23H40O4S/c1-16(12-15-27-28(24,25)26)19-9-10-20-18-8-7-17-6-4-5-13-22(17,2)21(18)11-14-23(19,20)3/h16-21H,4-15H2,1-3H3,(H,24,25,26)/t16-,17?,18?,19?,20?,21?,22?,23?/m1/s1. The van der Waals surface area contributed by atoms with Crippen LogP contribution in [0.3, 0.4) is 0 Å². The summed E-state index contributed by atoms with van der Waals surface area (Å²) in [6.07, 6.45) is 14.8. The molecule has 8 atom stereocenters. The van der Waals surface area contributed by atoms with E-state index in [2.05, 4.69) is 25.0 Å². The third-order valence-corrected chi connectivity index (χ3v) is 10.6. The van der Waals surface area contributed by atoms with Gasteiger partial charge < -0.3 is 0 Å². The summed E-state index contributed by atoms with van der Waals surface area (Å²) < 4.78 is 35.2. The van der Waals surface area contributed by atoms with Gasteiger partial charge in [-0.25, -0.2) is 4.18 Å². The molecule has 1 N–H and O–H groups in total. The second-order valence-corrected chi connectivity index (χ2v) is 12.2. The number of hydrogen-bond acceptors (Lipinski definition) is 3. The van der Waals surface area contributed by atoms with Crippen molar-refractivity contribution in [3.63, 3.8) is 0 Å². The Kier molecular flexibility index (Phi) is 5.68. The van der Waals surface area contributed by atoms with E-state index in [1.807, 2.05) is 0 Å². The van der Waals surface area contributed by atoms with Gasteiger partial charge in [0.05, 0.1) is 6.61 Å². The first kappa shape index (κ1) is 21.1. The normalized spacial score (nSPS) is 47.1. The topological polar surface area (TPSA) is 63.6 Å². The fraction of sp³-hybridized carbons (Fsp3) is 1.00. The molecule has 0 saturated heterocycles. The van der Waals surface area contributed by atoms with Crippen molar-refractivity contribution in [3.05, 3.63) is 0 Å². The van der Waals surface area contributed by atoms with E-state index in [0.717, 1.165) is 23.7 Å². The molecule has 0 aromatic rings. The van der Waals surface area contributed by atoms with E-state index in [4.69, 9.17) is 4.55 Å². The summed E-state index contributed by atoms with van der Waals surface area (Å²) in [7, 11) is -4.32. The molecular formula is C23H40O4S. The zero-order valence-electron chi connectivity index (χ0n) is 18.0. The van der Waals surface area contributed by atoms with E-state index in [0.29, 0.717) is 29.1 Å². The Labute approximate surface area is 172 Å². The molecule has 4 aliphatic carbocycles. The molecule has 4 rings (SSSR count). The molecule has 4 saturated carbocycles. The highest BCUT2D eigenvalue weighted by Gasteiger charge is 2.60. The zero-order valence-corrected chi connectivity index (χ0v) is 18.8. The molecule has 0 aromatic carbocycles. The minimum atomic E-state index is -4.32. The van der Waals surface area contributed by atoms with Gasteiger partial charge >= 0.3 is 10.4 Å². The Morgan fingerprint density at radius 1 is 0.964 bits per heavy atom. The molecule has 4 fully saturated rings. The summed E-state index contributed by atoms with van der Waals surface area (Å²) in [5.41, 5.74) is 0.992. The Morgan fingerprint density at radius 3 is 2.46 bits per heavy atom. The van der Waals surface area contributed by atoms with Gasteiger partial charge in [0, 0.05) is 0 Å². The van der Waals surface area contributed by atoms with E-state index >= 15 is 0 Å². The van der Waals surface area contributed by atoms with E-state index in [-0.39, 0.29) is 6.61 Å². The summed E-state index contributed by atoms with van der Waals surface area (Å²) in [5.74, 6) is 4.75. The van der Waals surface area contributed by atoms with Crippen LogP contribution in [-0.2, 0) is 14.6 Å². The quantitative estimate of drug-likeness (QED) is 0.573. The first-order chi connectivity index (χ1) is 13.2. The van der Waals surface area contributed by atoms with Crippen LogP contribution in [0.4, 0.5) is 0 Å². The summed E-state index contributed by atoms with van der Waals surface area (Å²) >= 11 is 0. The Morgan fingerprint density at radius 2 is 1.71 bits per heavy atom. The maximum atomic E-state index is 10.9. The third-order valence-electron chi connectivity index (χ3n) is 10.1. The Bertz CT molecular complexity index is 676. The molecule has 28 heavy (non-hydrogen) atoms. The van der Waals surface area contributed by atoms with Gasteiger partial charge in [-0.3, -0.25) is 4.55 Å². The van der Waals surface area contributed by atoms with Gasteiger partial charge in [-0.2, -0.15) is 8.42 Å². The van der Waals surface area contributed by atoms with Crippen molar-refractivity contribution < 1.29 is 17.2 Å². The van der Waals surface area contributed by atoms with E-state index in [1.54, 1.807) is 0 Å². The first-order valence-electron chi connectivity index (χ1n) is 11.8. The number of fused-ring (bicyclic) bond motifs is 5. The summed E-state index contributed by atoms with van der Waals surface area (Å²) in [4.78, 5) is 0. The van der Waals surface area contributed by atoms with Gasteiger partial charge in [-0.05, 0) is 104 Å². The molecule has 5 heteroatoms. The van der Waals surface area contributed by atoms with Crippen LogP contribution in [0.2, 0.25) is 0 Å². The van der Waals surface area contributed by atoms with E-state index < -0.39 is 10.4 Å². The van der Waals surface area contributed by atoms with Gasteiger partial charge in [0.1, 0.15) is 0 Å². The fourth-order valence-electron chi connectivity index (χ4n) is 8.81. The van der Waals surface area contributed by atoms with Crippen LogP contribution in [0, 0.1) is 46.3 Å².